The van der Waals surface area contributed by atoms with E-state index in [1.165, 1.54) is 12.8 Å². The Labute approximate surface area is 74.5 Å². The van der Waals surface area contributed by atoms with Gasteiger partial charge in [-0.25, -0.2) is 0 Å². The summed E-state index contributed by atoms with van der Waals surface area (Å²) in [5.41, 5.74) is 5.93. The molecule has 0 radical (unpaired) electrons. The molecule has 2 N–H and O–H groups in total. The summed E-state index contributed by atoms with van der Waals surface area (Å²) in [6, 6.07) is 0.124. The van der Waals surface area contributed by atoms with Crippen LogP contribution in [0.1, 0.15) is 25.7 Å². The van der Waals surface area contributed by atoms with Crippen molar-refractivity contribution in [3.63, 3.8) is 0 Å². The molecule has 1 aliphatic carbocycles. The molecule has 0 spiro atoms. The zero-order valence-corrected chi connectivity index (χ0v) is 7.62. The second kappa shape index (κ2) is 4.49. The molecule has 0 aromatic rings. The molecule has 0 bridgehead atoms. The summed E-state index contributed by atoms with van der Waals surface area (Å²) in [6.07, 6.45) is 9.57. The summed E-state index contributed by atoms with van der Waals surface area (Å²) in [5.74, 6) is 3.30. The van der Waals surface area contributed by atoms with E-state index in [1.807, 2.05) is 0 Å². The SMILES string of the molecule is C#CCCC(N)C(OC)C1CC1. The van der Waals surface area contributed by atoms with Gasteiger partial charge in [0, 0.05) is 19.6 Å². The average molecular weight is 167 g/mol. The Morgan fingerprint density at radius 2 is 2.33 bits per heavy atom. The molecule has 1 aliphatic rings. The Balaban J connectivity index is 2.27. The molecule has 1 rings (SSSR count). The molecule has 2 unspecified atom stereocenters. The van der Waals surface area contributed by atoms with E-state index >= 15 is 0 Å². The van der Waals surface area contributed by atoms with Crippen molar-refractivity contribution < 1.29 is 4.74 Å². The van der Waals surface area contributed by atoms with Crippen LogP contribution in [0.2, 0.25) is 0 Å². The number of nitrogens with two attached hydrogens (primary N) is 1. The molecule has 1 saturated carbocycles. The van der Waals surface area contributed by atoms with Crippen LogP contribution in [0.15, 0.2) is 0 Å². The standard InChI is InChI=1S/C10H17NO/c1-3-4-5-9(11)10(12-2)8-6-7-8/h1,8-10H,4-7,11H2,2H3. The molecular weight excluding hydrogens is 150 g/mol. The molecule has 0 aromatic carbocycles. The predicted molar refractivity (Wildman–Crippen MR) is 49.6 cm³/mol. The maximum absolute atomic E-state index is 5.93. The maximum atomic E-state index is 5.93. The fourth-order valence-corrected chi connectivity index (χ4v) is 1.56. The third kappa shape index (κ3) is 2.51. The minimum Gasteiger partial charge on any atom is -0.380 e. The summed E-state index contributed by atoms with van der Waals surface area (Å²) < 4.78 is 5.34. The van der Waals surface area contributed by atoms with Crippen molar-refractivity contribution >= 4 is 0 Å². The van der Waals surface area contributed by atoms with Gasteiger partial charge in [0.1, 0.15) is 0 Å². The number of ether oxygens (including phenoxy) is 1. The summed E-state index contributed by atoms with van der Waals surface area (Å²) in [7, 11) is 1.73. The highest BCUT2D eigenvalue weighted by Gasteiger charge is 2.34. The normalized spacial score (nSPS) is 21.4. The largest absolute Gasteiger partial charge is 0.380 e. The van der Waals surface area contributed by atoms with Crippen LogP contribution in [0.4, 0.5) is 0 Å². The van der Waals surface area contributed by atoms with Gasteiger partial charge in [-0.05, 0) is 25.2 Å². The molecule has 2 atom stereocenters. The monoisotopic (exact) mass is 167 g/mol. The van der Waals surface area contributed by atoms with Crippen LogP contribution in [0.5, 0.6) is 0 Å². The van der Waals surface area contributed by atoms with Crippen LogP contribution in [-0.4, -0.2) is 19.3 Å². The van der Waals surface area contributed by atoms with Gasteiger partial charge in [0.15, 0.2) is 0 Å². The van der Waals surface area contributed by atoms with Crippen LogP contribution in [0.3, 0.4) is 0 Å². The number of rotatable bonds is 5. The van der Waals surface area contributed by atoms with Gasteiger partial charge in [-0.15, -0.1) is 12.3 Å². The first-order valence-corrected chi connectivity index (χ1v) is 4.51. The van der Waals surface area contributed by atoms with Crippen molar-refractivity contribution in [1.82, 2.24) is 0 Å². The van der Waals surface area contributed by atoms with E-state index in [0.717, 1.165) is 12.8 Å². The van der Waals surface area contributed by atoms with Crippen LogP contribution in [-0.2, 0) is 4.74 Å². The van der Waals surface area contributed by atoms with Gasteiger partial charge in [0.05, 0.1) is 6.10 Å². The highest BCUT2D eigenvalue weighted by molar-refractivity contribution is 4.92. The molecule has 0 amide bonds. The van der Waals surface area contributed by atoms with Crippen molar-refractivity contribution in [1.29, 1.82) is 0 Å². The zero-order chi connectivity index (χ0) is 8.97. The molecule has 12 heavy (non-hydrogen) atoms. The van der Waals surface area contributed by atoms with Crippen molar-refractivity contribution in [2.75, 3.05) is 7.11 Å². The Morgan fingerprint density at radius 3 is 2.75 bits per heavy atom. The van der Waals surface area contributed by atoms with Gasteiger partial charge in [-0.1, -0.05) is 0 Å². The van der Waals surface area contributed by atoms with Crippen molar-refractivity contribution in [2.24, 2.45) is 11.7 Å². The maximum Gasteiger partial charge on any atom is 0.0750 e. The van der Waals surface area contributed by atoms with E-state index in [-0.39, 0.29) is 12.1 Å². The lowest BCUT2D eigenvalue weighted by Gasteiger charge is -2.21. The first-order valence-electron chi connectivity index (χ1n) is 4.51. The molecule has 2 heteroatoms. The summed E-state index contributed by atoms with van der Waals surface area (Å²) >= 11 is 0. The van der Waals surface area contributed by atoms with Crippen molar-refractivity contribution in [3.05, 3.63) is 0 Å². The molecule has 68 valence electrons. The van der Waals surface area contributed by atoms with Crippen LogP contribution >= 0.6 is 0 Å². The Bertz CT molecular complexity index is 169. The average Bonchev–Trinajstić information content (AvgIpc) is 2.86. The van der Waals surface area contributed by atoms with Gasteiger partial charge in [0.25, 0.3) is 0 Å². The van der Waals surface area contributed by atoms with E-state index in [1.54, 1.807) is 7.11 Å². The third-order valence-corrected chi connectivity index (χ3v) is 2.40. The predicted octanol–water partition coefficient (Wildman–Crippen LogP) is 1.15. The van der Waals surface area contributed by atoms with Gasteiger partial charge in [-0.2, -0.15) is 0 Å². The molecule has 0 aromatic heterocycles. The second-order valence-corrected chi connectivity index (χ2v) is 3.44. The van der Waals surface area contributed by atoms with Crippen LogP contribution in [0.25, 0.3) is 0 Å². The van der Waals surface area contributed by atoms with E-state index < -0.39 is 0 Å². The number of methoxy groups -OCH3 is 1. The molecule has 1 fully saturated rings. The van der Waals surface area contributed by atoms with E-state index in [0.29, 0.717) is 5.92 Å². The molecule has 0 saturated heterocycles. The van der Waals surface area contributed by atoms with E-state index in [4.69, 9.17) is 16.9 Å². The van der Waals surface area contributed by atoms with E-state index in [9.17, 15) is 0 Å². The van der Waals surface area contributed by atoms with Gasteiger partial charge in [0.2, 0.25) is 0 Å². The van der Waals surface area contributed by atoms with Crippen molar-refractivity contribution in [2.45, 2.75) is 37.8 Å². The molecule has 0 heterocycles. The van der Waals surface area contributed by atoms with Gasteiger partial charge < -0.3 is 10.5 Å². The smallest absolute Gasteiger partial charge is 0.0750 e. The Hall–Kier alpha value is -0.520. The quantitative estimate of drug-likeness (QED) is 0.623. The molecule has 2 nitrogen and oxygen atoms in total. The van der Waals surface area contributed by atoms with Crippen LogP contribution < -0.4 is 5.73 Å². The first kappa shape index (κ1) is 9.57. The minimum atomic E-state index is 0.124. The highest BCUT2D eigenvalue weighted by atomic mass is 16.5. The lowest BCUT2D eigenvalue weighted by Crippen LogP contribution is -2.37. The Kier molecular flexibility index (Phi) is 3.58. The fourth-order valence-electron chi connectivity index (χ4n) is 1.56. The first-order chi connectivity index (χ1) is 5.79. The number of hydrogen-bond donors (Lipinski definition) is 1. The van der Waals surface area contributed by atoms with Gasteiger partial charge >= 0.3 is 0 Å². The van der Waals surface area contributed by atoms with Crippen molar-refractivity contribution in [3.8, 4) is 12.3 Å². The Morgan fingerprint density at radius 1 is 1.67 bits per heavy atom. The summed E-state index contributed by atoms with van der Waals surface area (Å²) in [5, 5.41) is 0. The summed E-state index contributed by atoms with van der Waals surface area (Å²) in [6.45, 7) is 0. The molecular formula is C10H17NO. The van der Waals surface area contributed by atoms with Gasteiger partial charge in [-0.3, -0.25) is 0 Å². The van der Waals surface area contributed by atoms with Crippen LogP contribution in [0, 0.1) is 18.3 Å². The lowest BCUT2D eigenvalue weighted by atomic mass is 10.0. The lowest BCUT2D eigenvalue weighted by molar-refractivity contribution is 0.0607. The third-order valence-electron chi connectivity index (χ3n) is 2.40. The minimum absolute atomic E-state index is 0.124. The number of terminal acetylenes is 1. The second-order valence-electron chi connectivity index (χ2n) is 3.44. The van der Waals surface area contributed by atoms with E-state index in [2.05, 4.69) is 5.92 Å². The fraction of sp³-hybridized carbons (Fsp3) is 0.800. The summed E-state index contributed by atoms with van der Waals surface area (Å²) in [4.78, 5) is 0. The zero-order valence-electron chi connectivity index (χ0n) is 7.62. The topological polar surface area (TPSA) is 35.2 Å². The highest BCUT2D eigenvalue weighted by Crippen LogP contribution is 2.35. The molecule has 0 aliphatic heterocycles. The number of hydrogen-bond acceptors (Lipinski definition) is 2.